The molecule has 1 saturated heterocycles. The quantitative estimate of drug-likeness (QED) is 0.889. The van der Waals surface area contributed by atoms with Crippen LogP contribution < -0.4 is 5.73 Å². The summed E-state index contributed by atoms with van der Waals surface area (Å²) in [5, 5.41) is 1.37. The molecule has 0 saturated carbocycles. The standard InChI is InChI=1S/C11H13Cl2NO/c12-8-1-2-9(10(13)5-8)11(3-4-14)6-15-7-11/h1-2,5H,3-4,6-7,14H2. The van der Waals surface area contributed by atoms with Gasteiger partial charge in [-0.25, -0.2) is 0 Å². The predicted octanol–water partition coefficient (Wildman–Crippen LogP) is 2.61. The SMILES string of the molecule is NCCC1(c2ccc(Cl)cc2Cl)COC1. The highest BCUT2D eigenvalue weighted by atomic mass is 35.5. The fraction of sp³-hybridized carbons (Fsp3) is 0.455. The van der Waals surface area contributed by atoms with E-state index in [0.29, 0.717) is 29.8 Å². The van der Waals surface area contributed by atoms with Gasteiger partial charge < -0.3 is 10.5 Å². The van der Waals surface area contributed by atoms with E-state index in [1.165, 1.54) is 0 Å². The zero-order valence-electron chi connectivity index (χ0n) is 8.30. The van der Waals surface area contributed by atoms with Gasteiger partial charge in [-0.15, -0.1) is 0 Å². The van der Waals surface area contributed by atoms with Crippen LogP contribution >= 0.6 is 23.2 Å². The number of rotatable bonds is 3. The molecule has 1 aliphatic rings. The maximum atomic E-state index is 6.18. The number of hydrogen-bond acceptors (Lipinski definition) is 2. The van der Waals surface area contributed by atoms with E-state index in [0.717, 1.165) is 12.0 Å². The molecule has 0 aliphatic carbocycles. The maximum Gasteiger partial charge on any atom is 0.0586 e. The van der Waals surface area contributed by atoms with Crippen molar-refractivity contribution in [2.45, 2.75) is 11.8 Å². The Bertz CT molecular complexity index is 364. The first-order chi connectivity index (χ1) is 7.18. The fourth-order valence-electron chi connectivity index (χ4n) is 1.98. The lowest BCUT2D eigenvalue weighted by Gasteiger charge is -2.42. The molecule has 0 spiro atoms. The third-order valence-electron chi connectivity index (χ3n) is 2.88. The summed E-state index contributed by atoms with van der Waals surface area (Å²) in [5.41, 5.74) is 6.73. The summed E-state index contributed by atoms with van der Waals surface area (Å²) in [6.07, 6.45) is 0.897. The smallest absolute Gasteiger partial charge is 0.0586 e. The van der Waals surface area contributed by atoms with E-state index in [2.05, 4.69) is 0 Å². The zero-order chi connectivity index (χ0) is 10.9. The average Bonchev–Trinajstić information content (AvgIpc) is 2.12. The first-order valence-corrected chi connectivity index (χ1v) is 5.67. The summed E-state index contributed by atoms with van der Waals surface area (Å²) >= 11 is 12.0. The molecule has 2 rings (SSSR count). The van der Waals surface area contributed by atoms with Crippen LogP contribution in [0.3, 0.4) is 0 Å². The van der Waals surface area contributed by atoms with Crippen molar-refractivity contribution in [3.05, 3.63) is 33.8 Å². The van der Waals surface area contributed by atoms with Crippen LogP contribution in [0.15, 0.2) is 18.2 Å². The average molecular weight is 246 g/mol. The van der Waals surface area contributed by atoms with Gasteiger partial charge in [0.05, 0.1) is 13.2 Å². The molecule has 0 amide bonds. The Balaban J connectivity index is 2.34. The van der Waals surface area contributed by atoms with Crippen LogP contribution in [0.4, 0.5) is 0 Å². The summed E-state index contributed by atoms with van der Waals surface area (Å²) in [5.74, 6) is 0. The highest BCUT2D eigenvalue weighted by Crippen LogP contribution is 2.39. The summed E-state index contributed by atoms with van der Waals surface area (Å²) in [6.45, 7) is 2.04. The second kappa shape index (κ2) is 4.30. The van der Waals surface area contributed by atoms with Gasteiger partial charge in [-0.2, -0.15) is 0 Å². The molecule has 1 heterocycles. The first kappa shape index (κ1) is 11.2. The van der Waals surface area contributed by atoms with Crippen LogP contribution in [0.25, 0.3) is 0 Å². The molecule has 2 nitrogen and oxygen atoms in total. The van der Waals surface area contributed by atoms with E-state index in [1.807, 2.05) is 12.1 Å². The Morgan fingerprint density at radius 2 is 2.07 bits per heavy atom. The van der Waals surface area contributed by atoms with E-state index in [-0.39, 0.29) is 5.41 Å². The van der Waals surface area contributed by atoms with E-state index >= 15 is 0 Å². The number of ether oxygens (including phenoxy) is 1. The zero-order valence-corrected chi connectivity index (χ0v) is 9.81. The summed E-state index contributed by atoms with van der Waals surface area (Å²) in [6, 6.07) is 5.61. The second-order valence-electron chi connectivity index (χ2n) is 3.94. The molecule has 2 N–H and O–H groups in total. The van der Waals surface area contributed by atoms with Gasteiger partial charge in [-0.05, 0) is 30.7 Å². The highest BCUT2D eigenvalue weighted by Gasteiger charge is 2.40. The molecular weight excluding hydrogens is 233 g/mol. The van der Waals surface area contributed by atoms with Crippen molar-refractivity contribution in [3.8, 4) is 0 Å². The van der Waals surface area contributed by atoms with Crippen LogP contribution in [-0.4, -0.2) is 19.8 Å². The monoisotopic (exact) mass is 245 g/mol. The minimum absolute atomic E-state index is 0.0103. The number of hydrogen-bond donors (Lipinski definition) is 1. The van der Waals surface area contributed by atoms with Gasteiger partial charge in [0.25, 0.3) is 0 Å². The number of benzene rings is 1. The summed E-state index contributed by atoms with van der Waals surface area (Å²) < 4.78 is 5.28. The molecule has 82 valence electrons. The predicted molar refractivity (Wildman–Crippen MR) is 62.6 cm³/mol. The Labute approximate surface area is 99.3 Å². The lowest BCUT2D eigenvalue weighted by molar-refractivity contribution is -0.0630. The maximum absolute atomic E-state index is 6.18. The van der Waals surface area contributed by atoms with Crippen molar-refractivity contribution < 1.29 is 4.74 Å². The molecule has 4 heteroatoms. The van der Waals surface area contributed by atoms with Crippen LogP contribution in [-0.2, 0) is 10.2 Å². The second-order valence-corrected chi connectivity index (χ2v) is 4.78. The van der Waals surface area contributed by atoms with Crippen molar-refractivity contribution in [3.63, 3.8) is 0 Å². The van der Waals surface area contributed by atoms with Crippen molar-refractivity contribution in [1.29, 1.82) is 0 Å². The van der Waals surface area contributed by atoms with Gasteiger partial charge in [0.2, 0.25) is 0 Å². The van der Waals surface area contributed by atoms with E-state index in [4.69, 9.17) is 33.7 Å². The minimum Gasteiger partial charge on any atom is -0.379 e. The lowest BCUT2D eigenvalue weighted by Crippen LogP contribution is -2.48. The third-order valence-corrected chi connectivity index (χ3v) is 3.43. The van der Waals surface area contributed by atoms with Crippen molar-refractivity contribution in [2.75, 3.05) is 19.8 Å². The van der Waals surface area contributed by atoms with Gasteiger partial charge >= 0.3 is 0 Å². The van der Waals surface area contributed by atoms with Gasteiger partial charge in [-0.3, -0.25) is 0 Å². The Morgan fingerprint density at radius 3 is 2.53 bits per heavy atom. The van der Waals surface area contributed by atoms with E-state index in [1.54, 1.807) is 6.07 Å². The van der Waals surface area contributed by atoms with Gasteiger partial charge in [0.1, 0.15) is 0 Å². The van der Waals surface area contributed by atoms with Crippen LogP contribution in [0.2, 0.25) is 10.0 Å². The lowest BCUT2D eigenvalue weighted by atomic mass is 9.76. The van der Waals surface area contributed by atoms with Crippen molar-refractivity contribution >= 4 is 23.2 Å². The largest absolute Gasteiger partial charge is 0.379 e. The number of halogens is 2. The van der Waals surface area contributed by atoms with E-state index < -0.39 is 0 Å². The van der Waals surface area contributed by atoms with Crippen molar-refractivity contribution in [1.82, 2.24) is 0 Å². The highest BCUT2D eigenvalue weighted by molar-refractivity contribution is 6.35. The van der Waals surface area contributed by atoms with Gasteiger partial charge in [0.15, 0.2) is 0 Å². The molecule has 0 radical (unpaired) electrons. The van der Waals surface area contributed by atoms with Crippen LogP contribution in [0.1, 0.15) is 12.0 Å². The molecule has 0 atom stereocenters. The van der Waals surface area contributed by atoms with Crippen LogP contribution in [0.5, 0.6) is 0 Å². The molecule has 1 fully saturated rings. The fourth-order valence-corrected chi connectivity index (χ4v) is 2.59. The molecular formula is C11H13Cl2NO. The minimum atomic E-state index is 0.0103. The molecule has 15 heavy (non-hydrogen) atoms. The van der Waals surface area contributed by atoms with Crippen LogP contribution in [0, 0.1) is 0 Å². The van der Waals surface area contributed by atoms with Gasteiger partial charge in [0, 0.05) is 15.5 Å². The first-order valence-electron chi connectivity index (χ1n) is 4.91. The molecule has 0 unspecified atom stereocenters. The van der Waals surface area contributed by atoms with E-state index in [9.17, 15) is 0 Å². The Kier molecular flexibility index (Phi) is 3.21. The third kappa shape index (κ3) is 2.00. The van der Waals surface area contributed by atoms with Crippen molar-refractivity contribution in [2.24, 2.45) is 5.73 Å². The summed E-state index contributed by atoms with van der Waals surface area (Å²) in [7, 11) is 0. The van der Waals surface area contributed by atoms with Gasteiger partial charge in [-0.1, -0.05) is 29.3 Å². The Hall–Kier alpha value is -0.280. The molecule has 1 aliphatic heterocycles. The Morgan fingerprint density at radius 1 is 1.33 bits per heavy atom. The summed E-state index contributed by atoms with van der Waals surface area (Å²) in [4.78, 5) is 0. The molecule has 1 aromatic rings. The molecule has 1 aromatic carbocycles. The molecule has 0 aromatic heterocycles. The normalized spacial score (nSPS) is 18.6. The topological polar surface area (TPSA) is 35.2 Å². The number of nitrogens with two attached hydrogens (primary N) is 1. The molecule has 0 bridgehead atoms.